The number of ether oxygens (including phenoxy) is 1. The summed E-state index contributed by atoms with van der Waals surface area (Å²) in [5.41, 5.74) is 0.0221. The fraction of sp³-hybridized carbons (Fsp3) is 1.00. The Balaban J connectivity index is 2.35. The molecule has 0 bridgehead atoms. The quantitative estimate of drug-likeness (QED) is 0.717. The zero-order valence-electron chi connectivity index (χ0n) is 10.3. The van der Waals surface area contributed by atoms with Gasteiger partial charge in [0.05, 0.1) is 5.60 Å². The number of piperidine rings is 1. The van der Waals surface area contributed by atoms with Crippen LogP contribution in [0.1, 0.15) is 39.5 Å². The van der Waals surface area contributed by atoms with Gasteiger partial charge in [0.15, 0.2) is 0 Å². The maximum atomic E-state index is 5.46. The Bertz CT molecular complexity index is 184. The Kier molecular flexibility index (Phi) is 5.58. The molecule has 1 aliphatic rings. The summed E-state index contributed by atoms with van der Waals surface area (Å²) >= 11 is 3.62. The lowest BCUT2D eigenvalue weighted by Crippen LogP contribution is -2.43. The van der Waals surface area contributed by atoms with Gasteiger partial charge in [0.2, 0.25) is 0 Å². The van der Waals surface area contributed by atoms with Crippen LogP contribution in [0.4, 0.5) is 0 Å². The first-order chi connectivity index (χ1) is 7.09. The largest absolute Gasteiger partial charge is 0.379 e. The fourth-order valence-electron chi connectivity index (χ4n) is 2.04. The van der Waals surface area contributed by atoms with Crippen molar-refractivity contribution in [3.8, 4) is 0 Å². The zero-order chi connectivity index (χ0) is 11.3. The molecule has 0 radical (unpaired) electrons. The van der Waals surface area contributed by atoms with Crippen LogP contribution < -0.4 is 0 Å². The Morgan fingerprint density at radius 1 is 1.40 bits per heavy atom. The van der Waals surface area contributed by atoms with E-state index in [0.717, 1.165) is 24.3 Å². The van der Waals surface area contributed by atoms with E-state index in [2.05, 4.69) is 34.7 Å². The Hall–Kier alpha value is 0.400. The number of methoxy groups -OCH3 is 1. The smallest absolute Gasteiger partial charge is 0.0634 e. The van der Waals surface area contributed by atoms with Crippen molar-refractivity contribution in [1.82, 2.24) is 4.90 Å². The normalized spacial score (nSPS) is 24.4. The second kappa shape index (κ2) is 6.21. The molecule has 1 atom stereocenters. The standard InChI is InChI=1S/C12H24BrNO/c1-12(2,15-3)7-9-14-8-5-4-6-11(14)10-13/h11H,4-10H2,1-3H3. The molecule has 2 nitrogen and oxygen atoms in total. The van der Waals surface area contributed by atoms with Crippen LogP contribution in [0.5, 0.6) is 0 Å². The van der Waals surface area contributed by atoms with E-state index in [1.165, 1.54) is 25.8 Å². The highest BCUT2D eigenvalue weighted by Gasteiger charge is 2.24. The molecular weight excluding hydrogens is 254 g/mol. The summed E-state index contributed by atoms with van der Waals surface area (Å²) < 4.78 is 5.46. The molecule has 1 fully saturated rings. The first kappa shape index (κ1) is 13.5. The highest BCUT2D eigenvalue weighted by atomic mass is 79.9. The van der Waals surface area contributed by atoms with Crippen molar-refractivity contribution >= 4 is 15.9 Å². The first-order valence-corrected chi connectivity index (χ1v) is 7.06. The lowest BCUT2D eigenvalue weighted by atomic mass is 10.0. The van der Waals surface area contributed by atoms with E-state index in [1.54, 1.807) is 7.11 Å². The predicted molar refractivity (Wildman–Crippen MR) is 68.7 cm³/mol. The molecule has 15 heavy (non-hydrogen) atoms. The van der Waals surface area contributed by atoms with Gasteiger partial charge in [0, 0.05) is 25.0 Å². The molecule has 1 heterocycles. The number of hydrogen-bond donors (Lipinski definition) is 0. The molecule has 90 valence electrons. The van der Waals surface area contributed by atoms with Crippen molar-refractivity contribution in [3.63, 3.8) is 0 Å². The summed E-state index contributed by atoms with van der Waals surface area (Å²) in [7, 11) is 1.80. The van der Waals surface area contributed by atoms with Gasteiger partial charge in [0.1, 0.15) is 0 Å². The van der Waals surface area contributed by atoms with Crippen LogP contribution in [-0.2, 0) is 4.74 Å². The van der Waals surface area contributed by atoms with Crippen LogP contribution in [0.15, 0.2) is 0 Å². The lowest BCUT2D eigenvalue weighted by molar-refractivity contribution is 0.00228. The van der Waals surface area contributed by atoms with Crippen LogP contribution in [0.25, 0.3) is 0 Å². The monoisotopic (exact) mass is 277 g/mol. The molecule has 0 saturated carbocycles. The van der Waals surface area contributed by atoms with Gasteiger partial charge < -0.3 is 4.74 Å². The van der Waals surface area contributed by atoms with E-state index in [-0.39, 0.29) is 5.60 Å². The Morgan fingerprint density at radius 2 is 2.13 bits per heavy atom. The fourth-order valence-corrected chi connectivity index (χ4v) is 2.78. The molecule has 0 aromatic carbocycles. The predicted octanol–water partition coefficient (Wildman–Crippen LogP) is 3.05. The molecule has 1 aliphatic heterocycles. The third-order valence-corrected chi connectivity index (χ3v) is 4.23. The van der Waals surface area contributed by atoms with Gasteiger partial charge in [-0.1, -0.05) is 22.4 Å². The van der Waals surface area contributed by atoms with Gasteiger partial charge in [0.25, 0.3) is 0 Å². The van der Waals surface area contributed by atoms with Gasteiger partial charge in [-0.05, 0) is 39.7 Å². The van der Waals surface area contributed by atoms with Crippen molar-refractivity contribution < 1.29 is 4.74 Å². The highest BCUT2D eigenvalue weighted by Crippen LogP contribution is 2.21. The van der Waals surface area contributed by atoms with E-state index < -0.39 is 0 Å². The number of likely N-dealkylation sites (tertiary alicyclic amines) is 1. The minimum absolute atomic E-state index is 0.0221. The number of alkyl halides is 1. The maximum Gasteiger partial charge on any atom is 0.0634 e. The molecule has 1 unspecified atom stereocenters. The molecule has 1 saturated heterocycles. The topological polar surface area (TPSA) is 12.5 Å². The second-order valence-corrected chi connectivity index (χ2v) is 5.70. The van der Waals surface area contributed by atoms with E-state index in [1.807, 2.05) is 0 Å². The van der Waals surface area contributed by atoms with Gasteiger partial charge in [-0.15, -0.1) is 0 Å². The van der Waals surface area contributed by atoms with Crippen LogP contribution in [0.3, 0.4) is 0 Å². The molecule has 0 aromatic rings. The summed E-state index contributed by atoms with van der Waals surface area (Å²) in [6, 6.07) is 0.742. The summed E-state index contributed by atoms with van der Waals surface area (Å²) in [5.74, 6) is 0. The number of nitrogens with zero attached hydrogens (tertiary/aromatic N) is 1. The van der Waals surface area contributed by atoms with Crippen molar-refractivity contribution in [2.45, 2.75) is 51.2 Å². The van der Waals surface area contributed by atoms with Gasteiger partial charge in [-0.25, -0.2) is 0 Å². The van der Waals surface area contributed by atoms with Crippen LogP contribution in [0.2, 0.25) is 0 Å². The van der Waals surface area contributed by atoms with Crippen LogP contribution in [0, 0.1) is 0 Å². The second-order valence-electron chi connectivity index (χ2n) is 5.05. The average Bonchev–Trinajstić information content (AvgIpc) is 2.27. The summed E-state index contributed by atoms with van der Waals surface area (Å²) in [5, 5.41) is 1.11. The maximum absolute atomic E-state index is 5.46. The summed E-state index contributed by atoms with van der Waals surface area (Å²) in [6.07, 6.45) is 5.21. The molecule has 1 rings (SSSR count). The molecule has 3 heteroatoms. The van der Waals surface area contributed by atoms with Gasteiger partial charge in [-0.2, -0.15) is 0 Å². The van der Waals surface area contributed by atoms with E-state index in [0.29, 0.717) is 0 Å². The molecule has 0 amide bonds. The van der Waals surface area contributed by atoms with E-state index in [9.17, 15) is 0 Å². The van der Waals surface area contributed by atoms with E-state index >= 15 is 0 Å². The van der Waals surface area contributed by atoms with Gasteiger partial charge in [-0.3, -0.25) is 4.90 Å². The SMILES string of the molecule is COC(C)(C)CCN1CCCCC1CBr. The molecule has 0 spiro atoms. The molecular formula is C12H24BrNO. The van der Waals surface area contributed by atoms with Crippen LogP contribution >= 0.6 is 15.9 Å². The number of halogens is 1. The van der Waals surface area contributed by atoms with Crippen molar-refractivity contribution in [3.05, 3.63) is 0 Å². The Morgan fingerprint density at radius 3 is 2.73 bits per heavy atom. The van der Waals surface area contributed by atoms with Crippen molar-refractivity contribution in [2.75, 3.05) is 25.5 Å². The zero-order valence-corrected chi connectivity index (χ0v) is 11.8. The molecule has 0 N–H and O–H groups in total. The van der Waals surface area contributed by atoms with Gasteiger partial charge >= 0.3 is 0 Å². The number of hydrogen-bond acceptors (Lipinski definition) is 2. The summed E-state index contributed by atoms with van der Waals surface area (Å²) in [6.45, 7) is 6.76. The van der Waals surface area contributed by atoms with E-state index in [4.69, 9.17) is 4.74 Å². The average molecular weight is 278 g/mol. The molecule has 0 aromatic heterocycles. The van der Waals surface area contributed by atoms with Crippen molar-refractivity contribution in [2.24, 2.45) is 0 Å². The minimum Gasteiger partial charge on any atom is -0.379 e. The molecule has 0 aliphatic carbocycles. The minimum atomic E-state index is 0.0221. The summed E-state index contributed by atoms with van der Waals surface area (Å²) in [4.78, 5) is 2.61. The van der Waals surface area contributed by atoms with Crippen LogP contribution in [-0.4, -0.2) is 42.1 Å². The van der Waals surface area contributed by atoms with Crippen molar-refractivity contribution in [1.29, 1.82) is 0 Å². The Labute approximate surface area is 102 Å². The highest BCUT2D eigenvalue weighted by molar-refractivity contribution is 9.09. The third kappa shape index (κ3) is 4.41. The number of rotatable bonds is 5. The lowest BCUT2D eigenvalue weighted by Gasteiger charge is -2.36. The third-order valence-electron chi connectivity index (χ3n) is 3.48. The first-order valence-electron chi connectivity index (χ1n) is 5.94.